The number of anilines is 2. The molecule has 0 heterocycles. The Morgan fingerprint density at radius 2 is 1.82 bits per heavy atom. The molecule has 0 radical (unpaired) electrons. The molecule has 0 fully saturated rings. The summed E-state index contributed by atoms with van der Waals surface area (Å²) < 4.78 is 22.5. The zero-order valence-electron chi connectivity index (χ0n) is 11.7. The maximum absolute atomic E-state index is 11.3. The average molecular weight is 339 g/mol. The zero-order valence-corrected chi connectivity index (χ0v) is 13.3. The number of nitrogens with one attached hydrogen (secondary N) is 2. The van der Waals surface area contributed by atoms with E-state index in [2.05, 4.69) is 5.32 Å². The molecule has 0 aliphatic carbocycles. The summed E-state index contributed by atoms with van der Waals surface area (Å²) in [6.45, 7) is 0.656. The smallest absolute Gasteiger partial charge is 0.238 e. The van der Waals surface area contributed by atoms with Crippen molar-refractivity contribution in [1.29, 1.82) is 0 Å². The Kier molecular flexibility index (Phi) is 5.67. The summed E-state index contributed by atoms with van der Waals surface area (Å²) in [6.07, 6.45) is 0. The molecule has 0 saturated heterocycles. The summed E-state index contributed by atoms with van der Waals surface area (Å²) in [7, 11) is -3.80. The van der Waals surface area contributed by atoms with E-state index in [0.29, 0.717) is 12.2 Å². The third-order valence-corrected chi connectivity index (χ3v) is 4.79. The number of nitrogens with two attached hydrogens (primary N) is 1. The number of rotatable bonds is 7. The Morgan fingerprint density at radius 1 is 1.09 bits per heavy atom. The molecule has 22 heavy (non-hydrogen) atoms. The van der Waals surface area contributed by atoms with Gasteiger partial charge in [0, 0.05) is 17.2 Å². The summed E-state index contributed by atoms with van der Waals surface area (Å²) in [4.78, 5) is 1.11. The molecule has 5 N–H and O–H groups in total. The SMILES string of the molecule is NS(=O)(=O)c1ccc(NCCSc2ccccc2)c(NO)c1. The van der Waals surface area contributed by atoms with Crippen molar-refractivity contribution in [3.8, 4) is 0 Å². The van der Waals surface area contributed by atoms with Crippen LogP contribution in [0, 0.1) is 0 Å². The number of hydrogen-bond donors (Lipinski definition) is 4. The predicted molar refractivity (Wildman–Crippen MR) is 88.9 cm³/mol. The van der Waals surface area contributed by atoms with Crippen LogP contribution >= 0.6 is 11.8 Å². The van der Waals surface area contributed by atoms with Crippen LogP contribution in [0.25, 0.3) is 0 Å². The molecule has 2 rings (SSSR count). The van der Waals surface area contributed by atoms with E-state index in [9.17, 15) is 8.42 Å². The summed E-state index contributed by atoms with van der Waals surface area (Å²) in [5.74, 6) is 0.825. The third-order valence-electron chi connectivity index (χ3n) is 2.87. The molecule has 0 aliphatic rings. The first kappa shape index (κ1) is 16.6. The minimum atomic E-state index is -3.80. The monoisotopic (exact) mass is 339 g/mol. The lowest BCUT2D eigenvalue weighted by Crippen LogP contribution is -2.13. The quantitative estimate of drug-likeness (QED) is 0.351. The fraction of sp³-hybridized carbons (Fsp3) is 0.143. The van der Waals surface area contributed by atoms with Crippen LogP contribution in [0.15, 0.2) is 58.3 Å². The van der Waals surface area contributed by atoms with Crippen LogP contribution in [-0.4, -0.2) is 25.9 Å². The Morgan fingerprint density at radius 3 is 2.45 bits per heavy atom. The van der Waals surface area contributed by atoms with Crippen molar-refractivity contribution in [1.82, 2.24) is 0 Å². The van der Waals surface area contributed by atoms with Gasteiger partial charge in [-0.2, -0.15) is 0 Å². The van der Waals surface area contributed by atoms with Crippen molar-refractivity contribution in [2.24, 2.45) is 5.14 Å². The van der Waals surface area contributed by atoms with Crippen molar-refractivity contribution in [3.63, 3.8) is 0 Å². The maximum Gasteiger partial charge on any atom is 0.238 e. The molecule has 2 aromatic carbocycles. The molecule has 118 valence electrons. The molecule has 0 atom stereocenters. The largest absolute Gasteiger partial charge is 0.382 e. The first-order valence-electron chi connectivity index (χ1n) is 6.49. The fourth-order valence-corrected chi connectivity index (χ4v) is 3.15. The lowest BCUT2D eigenvalue weighted by molar-refractivity contribution is 0.389. The second-order valence-corrected chi connectivity index (χ2v) is 7.18. The van der Waals surface area contributed by atoms with E-state index >= 15 is 0 Å². The van der Waals surface area contributed by atoms with E-state index in [1.807, 2.05) is 35.8 Å². The highest BCUT2D eigenvalue weighted by atomic mass is 32.2. The average Bonchev–Trinajstić information content (AvgIpc) is 2.51. The number of benzene rings is 2. The van der Waals surface area contributed by atoms with Crippen LogP contribution in [0.4, 0.5) is 11.4 Å². The second-order valence-electron chi connectivity index (χ2n) is 4.45. The zero-order chi connectivity index (χ0) is 16.0. The van der Waals surface area contributed by atoms with Gasteiger partial charge in [-0.15, -0.1) is 11.8 Å². The Hall–Kier alpha value is -1.74. The molecule has 2 aromatic rings. The number of thioether (sulfide) groups is 1. The molecule has 0 unspecified atom stereocenters. The molecule has 0 aliphatic heterocycles. The van der Waals surface area contributed by atoms with E-state index in [1.165, 1.54) is 17.0 Å². The Balaban J connectivity index is 1.95. The maximum atomic E-state index is 11.3. The van der Waals surface area contributed by atoms with Gasteiger partial charge in [-0.3, -0.25) is 10.7 Å². The molecule has 0 bridgehead atoms. The molecule has 0 aromatic heterocycles. The van der Waals surface area contributed by atoms with E-state index in [-0.39, 0.29) is 10.6 Å². The van der Waals surface area contributed by atoms with Gasteiger partial charge in [0.1, 0.15) is 0 Å². The summed E-state index contributed by atoms with van der Waals surface area (Å²) in [6, 6.07) is 14.2. The van der Waals surface area contributed by atoms with E-state index in [1.54, 1.807) is 17.8 Å². The number of primary sulfonamides is 1. The van der Waals surface area contributed by atoms with Gasteiger partial charge in [-0.25, -0.2) is 13.6 Å². The fourth-order valence-electron chi connectivity index (χ4n) is 1.82. The molecule has 0 saturated carbocycles. The van der Waals surface area contributed by atoms with E-state index in [0.717, 1.165) is 5.75 Å². The highest BCUT2D eigenvalue weighted by molar-refractivity contribution is 7.99. The second kappa shape index (κ2) is 7.50. The van der Waals surface area contributed by atoms with Crippen LogP contribution in [-0.2, 0) is 10.0 Å². The van der Waals surface area contributed by atoms with Crippen molar-refractivity contribution < 1.29 is 13.6 Å². The van der Waals surface area contributed by atoms with Gasteiger partial charge in [-0.05, 0) is 30.3 Å². The van der Waals surface area contributed by atoms with Gasteiger partial charge in [0.05, 0.1) is 16.3 Å². The highest BCUT2D eigenvalue weighted by Crippen LogP contribution is 2.25. The highest BCUT2D eigenvalue weighted by Gasteiger charge is 2.11. The minimum Gasteiger partial charge on any atom is -0.382 e. The van der Waals surface area contributed by atoms with Crippen LogP contribution in [0.3, 0.4) is 0 Å². The number of hydrogen-bond acceptors (Lipinski definition) is 6. The Bertz CT molecular complexity index is 721. The standard InChI is InChI=1S/C14H17N3O3S2/c15-22(19,20)12-6-7-13(14(10-12)17-18)16-8-9-21-11-4-2-1-3-5-11/h1-7,10,16-18H,8-9H2,(H2,15,19,20). The van der Waals surface area contributed by atoms with Gasteiger partial charge < -0.3 is 5.32 Å². The van der Waals surface area contributed by atoms with Crippen molar-refractivity contribution in [2.75, 3.05) is 23.1 Å². The first-order chi connectivity index (χ1) is 10.5. The van der Waals surface area contributed by atoms with E-state index < -0.39 is 10.0 Å². The molecule has 0 spiro atoms. The summed E-state index contributed by atoms with van der Waals surface area (Å²) in [5.41, 5.74) is 2.84. The molecule has 8 heteroatoms. The van der Waals surface area contributed by atoms with Gasteiger partial charge in [0.2, 0.25) is 10.0 Å². The predicted octanol–water partition coefficient (Wildman–Crippen LogP) is 2.34. The van der Waals surface area contributed by atoms with Crippen molar-refractivity contribution in [3.05, 3.63) is 48.5 Å². The molecule has 0 amide bonds. The number of sulfonamides is 1. The van der Waals surface area contributed by atoms with Crippen LogP contribution in [0.1, 0.15) is 0 Å². The van der Waals surface area contributed by atoms with Gasteiger partial charge in [0.15, 0.2) is 0 Å². The van der Waals surface area contributed by atoms with Crippen LogP contribution in [0.5, 0.6) is 0 Å². The van der Waals surface area contributed by atoms with E-state index in [4.69, 9.17) is 10.3 Å². The van der Waals surface area contributed by atoms with Gasteiger partial charge >= 0.3 is 0 Å². The molecular formula is C14H17N3O3S2. The van der Waals surface area contributed by atoms with Crippen molar-refractivity contribution >= 4 is 33.2 Å². The molecule has 6 nitrogen and oxygen atoms in total. The first-order valence-corrected chi connectivity index (χ1v) is 9.02. The van der Waals surface area contributed by atoms with Crippen LogP contribution < -0.4 is 15.9 Å². The molecular weight excluding hydrogens is 322 g/mol. The van der Waals surface area contributed by atoms with Crippen molar-refractivity contribution in [2.45, 2.75) is 9.79 Å². The third kappa shape index (κ3) is 4.63. The Labute approximate surface area is 133 Å². The van der Waals surface area contributed by atoms with Gasteiger partial charge in [0.25, 0.3) is 0 Å². The normalized spacial score (nSPS) is 11.2. The minimum absolute atomic E-state index is 0.0618. The topological polar surface area (TPSA) is 104 Å². The van der Waals surface area contributed by atoms with Gasteiger partial charge in [-0.1, -0.05) is 18.2 Å². The van der Waals surface area contributed by atoms with Crippen LogP contribution in [0.2, 0.25) is 0 Å². The summed E-state index contributed by atoms with van der Waals surface area (Å²) in [5, 5.41) is 17.3. The summed E-state index contributed by atoms with van der Waals surface area (Å²) >= 11 is 1.70. The lowest BCUT2D eigenvalue weighted by Gasteiger charge is -2.12. The lowest BCUT2D eigenvalue weighted by atomic mass is 10.2.